The first-order valence-electron chi connectivity index (χ1n) is 11.7. The number of hydrogen-bond acceptors (Lipinski definition) is 5. The highest BCUT2D eigenvalue weighted by atomic mass is 19.4. The van der Waals surface area contributed by atoms with Crippen LogP contribution in [-0.2, 0) is 12.7 Å². The molecule has 0 unspecified atom stereocenters. The van der Waals surface area contributed by atoms with Crippen molar-refractivity contribution < 1.29 is 18.0 Å². The molecule has 0 aliphatic carbocycles. The lowest BCUT2D eigenvalue weighted by Gasteiger charge is -2.33. The maximum atomic E-state index is 13.9. The molecule has 4 rings (SSSR count). The zero-order chi connectivity index (χ0) is 26.6. The van der Waals surface area contributed by atoms with Crippen LogP contribution < -0.4 is 10.9 Å². The normalized spacial score (nSPS) is 14.6. The van der Waals surface area contributed by atoms with E-state index in [0.29, 0.717) is 24.3 Å². The Hall–Kier alpha value is -3.94. The monoisotopic (exact) mass is 509 g/mol. The third-order valence-corrected chi connectivity index (χ3v) is 6.17. The van der Waals surface area contributed by atoms with Crippen molar-refractivity contribution >= 4 is 11.6 Å². The summed E-state index contributed by atoms with van der Waals surface area (Å²) >= 11 is 0. The van der Waals surface area contributed by atoms with Gasteiger partial charge < -0.3 is 10.2 Å². The van der Waals surface area contributed by atoms with Gasteiger partial charge in [0.15, 0.2) is 0 Å². The van der Waals surface area contributed by atoms with Crippen molar-refractivity contribution in [1.29, 1.82) is 0 Å². The Morgan fingerprint density at radius 1 is 1.05 bits per heavy atom. The second kappa shape index (κ2) is 11.0. The number of piperazine rings is 1. The topological polar surface area (TPSA) is 81.3 Å². The average Bonchev–Trinajstić information content (AvgIpc) is 2.86. The van der Waals surface area contributed by atoms with Crippen LogP contribution in [0.5, 0.6) is 0 Å². The number of alkyl halides is 3. The van der Waals surface area contributed by atoms with Gasteiger partial charge in [-0.1, -0.05) is 18.1 Å². The molecule has 7 nitrogen and oxygen atoms in total. The van der Waals surface area contributed by atoms with Crippen molar-refractivity contribution in [3.8, 4) is 11.8 Å². The number of nitrogens with zero attached hydrogens (tertiary/aromatic N) is 3. The van der Waals surface area contributed by atoms with Gasteiger partial charge in [-0.05, 0) is 61.4 Å². The summed E-state index contributed by atoms with van der Waals surface area (Å²) in [5, 5.41) is 8.69. The lowest BCUT2D eigenvalue weighted by atomic mass is 10.0. The molecule has 1 fully saturated rings. The highest BCUT2D eigenvalue weighted by Crippen LogP contribution is 2.34. The molecule has 2 heterocycles. The van der Waals surface area contributed by atoms with Crippen LogP contribution in [0.25, 0.3) is 0 Å². The lowest BCUT2D eigenvalue weighted by molar-refractivity contribution is -0.138. The van der Waals surface area contributed by atoms with Crippen molar-refractivity contribution in [3.05, 3.63) is 92.4 Å². The number of anilines is 1. The molecule has 0 radical (unpaired) electrons. The number of H-pyrrole nitrogens is 1. The number of likely N-dealkylation sites (N-methyl/N-ethyl adjacent to an activating group) is 1. The lowest BCUT2D eigenvalue weighted by Crippen LogP contribution is -2.44. The minimum atomic E-state index is -4.55. The highest BCUT2D eigenvalue weighted by molar-refractivity contribution is 6.04. The standard InChI is InChI=1S/C27H26F3N5O2/c1-18-3-4-20(15-19(18)5-7-22-9-10-25(36)33-32-22)26(37)31-23-8-6-21(24(16-23)27(28,29)30)17-35-13-11-34(2)12-14-35/h3-4,6,8-10,15-16H,11-14,17H2,1-2H3,(H,31,37)(H,33,36). The smallest absolute Gasteiger partial charge is 0.322 e. The molecule has 0 bridgehead atoms. The number of rotatable bonds is 4. The van der Waals surface area contributed by atoms with Gasteiger partial charge in [-0.2, -0.15) is 18.3 Å². The number of aromatic nitrogens is 2. The second-order valence-electron chi connectivity index (χ2n) is 8.99. The Balaban J connectivity index is 1.53. The zero-order valence-corrected chi connectivity index (χ0v) is 20.4. The van der Waals surface area contributed by atoms with Crippen LogP contribution in [0.15, 0.2) is 53.3 Å². The molecule has 1 aromatic heterocycles. The van der Waals surface area contributed by atoms with Gasteiger partial charge in [0, 0.05) is 55.6 Å². The second-order valence-corrected chi connectivity index (χ2v) is 8.99. The average molecular weight is 510 g/mol. The Kier molecular flexibility index (Phi) is 7.76. The van der Waals surface area contributed by atoms with Crippen LogP contribution in [0.3, 0.4) is 0 Å². The summed E-state index contributed by atoms with van der Waals surface area (Å²) in [5.74, 6) is 5.18. The van der Waals surface area contributed by atoms with Gasteiger partial charge in [0.1, 0.15) is 5.69 Å². The molecule has 3 aromatic rings. The van der Waals surface area contributed by atoms with Gasteiger partial charge in [0.25, 0.3) is 11.5 Å². The van der Waals surface area contributed by atoms with E-state index in [9.17, 15) is 22.8 Å². The number of hydrogen-bond donors (Lipinski definition) is 2. The van der Waals surface area contributed by atoms with E-state index in [1.165, 1.54) is 24.3 Å². The van der Waals surface area contributed by atoms with Crippen molar-refractivity contribution in [2.75, 3.05) is 38.5 Å². The van der Waals surface area contributed by atoms with Gasteiger partial charge in [-0.15, -0.1) is 0 Å². The Morgan fingerprint density at radius 2 is 1.81 bits per heavy atom. The molecule has 0 saturated carbocycles. The maximum Gasteiger partial charge on any atom is 0.416 e. The SMILES string of the molecule is Cc1ccc(C(=O)Nc2ccc(CN3CCN(C)CC3)c(C(F)(F)F)c2)cc1C#Cc1ccc(=O)[nH]n1. The van der Waals surface area contributed by atoms with Gasteiger partial charge in [-0.3, -0.25) is 14.5 Å². The predicted octanol–water partition coefficient (Wildman–Crippen LogP) is 3.50. The minimum absolute atomic E-state index is 0.0603. The molecule has 2 N–H and O–H groups in total. The summed E-state index contributed by atoms with van der Waals surface area (Å²) in [7, 11) is 1.99. The molecular formula is C27H26F3N5O2. The molecule has 2 aromatic carbocycles. The summed E-state index contributed by atoms with van der Waals surface area (Å²) < 4.78 is 41.6. The minimum Gasteiger partial charge on any atom is -0.322 e. The fourth-order valence-electron chi connectivity index (χ4n) is 3.95. The summed E-state index contributed by atoms with van der Waals surface area (Å²) in [6, 6.07) is 11.5. The van der Waals surface area contributed by atoms with E-state index >= 15 is 0 Å². The third kappa shape index (κ3) is 6.84. The van der Waals surface area contributed by atoms with E-state index in [-0.39, 0.29) is 28.9 Å². The van der Waals surface area contributed by atoms with Gasteiger partial charge in [-0.25, -0.2) is 5.10 Å². The summed E-state index contributed by atoms with van der Waals surface area (Å²) in [5.41, 5.74) is 1.10. The molecular weight excluding hydrogens is 483 g/mol. The summed E-state index contributed by atoms with van der Waals surface area (Å²) in [6.07, 6.45) is -4.55. The first kappa shape index (κ1) is 26.1. The highest BCUT2D eigenvalue weighted by Gasteiger charge is 2.34. The van der Waals surface area contributed by atoms with Gasteiger partial charge >= 0.3 is 6.18 Å². The van der Waals surface area contributed by atoms with E-state index in [0.717, 1.165) is 24.7 Å². The van der Waals surface area contributed by atoms with Crippen molar-refractivity contribution in [1.82, 2.24) is 20.0 Å². The molecule has 10 heteroatoms. The quantitative estimate of drug-likeness (QED) is 0.527. The Bertz CT molecular complexity index is 1390. The van der Waals surface area contributed by atoms with E-state index < -0.39 is 17.6 Å². The van der Waals surface area contributed by atoms with E-state index in [4.69, 9.17) is 0 Å². The molecule has 192 valence electrons. The van der Waals surface area contributed by atoms with Crippen LogP contribution in [0, 0.1) is 18.8 Å². The largest absolute Gasteiger partial charge is 0.416 e. The number of aromatic amines is 1. The predicted molar refractivity (Wildman–Crippen MR) is 134 cm³/mol. The first-order chi connectivity index (χ1) is 17.6. The fourth-order valence-corrected chi connectivity index (χ4v) is 3.95. The molecule has 1 aliphatic heterocycles. The zero-order valence-electron chi connectivity index (χ0n) is 20.4. The van der Waals surface area contributed by atoms with Crippen LogP contribution in [0.1, 0.15) is 38.3 Å². The number of aryl methyl sites for hydroxylation is 1. The number of carbonyl (C=O) groups is 1. The Morgan fingerprint density at radius 3 is 2.49 bits per heavy atom. The molecule has 1 saturated heterocycles. The Labute approximate surface area is 212 Å². The molecule has 37 heavy (non-hydrogen) atoms. The molecule has 1 aliphatic rings. The van der Waals surface area contributed by atoms with Crippen molar-refractivity contribution in [3.63, 3.8) is 0 Å². The van der Waals surface area contributed by atoms with Crippen molar-refractivity contribution in [2.24, 2.45) is 0 Å². The first-order valence-corrected chi connectivity index (χ1v) is 11.7. The number of nitrogens with one attached hydrogen (secondary N) is 2. The van der Waals surface area contributed by atoms with E-state index in [1.54, 1.807) is 18.2 Å². The van der Waals surface area contributed by atoms with Crippen LogP contribution in [-0.4, -0.2) is 59.1 Å². The summed E-state index contributed by atoms with van der Waals surface area (Å²) in [4.78, 5) is 28.2. The van der Waals surface area contributed by atoms with E-state index in [1.807, 2.05) is 18.9 Å². The molecule has 0 atom stereocenters. The maximum absolute atomic E-state index is 13.9. The van der Waals surface area contributed by atoms with Crippen LogP contribution in [0.2, 0.25) is 0 Å². The van der Waals surface area contributed by atoms with Crippen LogP contribution >= 0.6 is 0 Å². The van der Waals surface area contributed by atoms with Gasteiger partial charge in [0.05, 0.1) is 5.56 Å². The molecule has 0 spiro atoms. The number of benzene rings is 2. The fraction of sp³-hybridized carbons (Fsp3) is 0.296. The number of amides is 1. The number of halogens is 3. The third-order valence-electron chi connectivity index (χ3n) is 6.17. The number of carbonyl (C=O) groups excluding carboxylic acids is 1. The summed E-state index contributed by atoms with van der Waals surface area (Å²) in [6.45, 7) is 5.02. The molecule has 1 amide bonds. The van der Waals surface area contributed by atoms with Crippen LogP contribution in [0.4, 0.5) is 18.9 Å². The van der Waals surface area contributed by atoms with Crippen molar-refractivity contribution in [2.45, 2.75) is 19.6 Å². The van der Waals surface area contributed by atoms with Gasteiger partial charge in [0.2, 0.25) is 0 Å². The van der Waals surface area contributed by atoms with E-state index in [2.05, 4.69) is 32.3 Å².